The van der Waals surface area contributed by atoms with Crippen molar-refractivity contribution in [3.05, 3.63) is 59.5 Å². The Bertz CT molecular complexity index is 855. The maximum Gasteiger partial charge on any atom is 0.0950 e. The predicted molar refractivity (Wildman–Crippen MR) is 93.3 cm³/mol. The number of aryl methyl sites for hydroxylation is 1. The third-order valence-electron chi connectivity index (χ3n) is 4.58. The number of para-hydroxylation sites is 1. The van der Waals surface area contributed by atoms with Gasteiger partial charge in [-0.15, -0.1) is 0 Å². The standard InChI is InChI=1S/C19H22N4O/c1-14(24)19-11-17-13-22(9-4-10-23(17)21-19)12-16-8-7-15-5-2-3-6-18(15)20-16/h2-3,5-8,11,14,24H,4,9-10,12-13H2,1H3/t14-/m0/s1. The molecule has 0 saturated heterocycles. The van der Waals surface area contributed by atoms with Crippen molar-refractivity contribution in [3.63, 3.8) is 0 Å². The number of aliphatic hydroxyl groups excluding tert-OH is 1. The van der Waals surface area contributed by atoms with Crippen LogP contribution in [0.15, 0.2) is 42.5 Å². The molecule has 4 rings (SSSR count). The Kier molecular flexibility index (Phi) is 4.04. The Morgan fingerprint density at radius 2 is 2.04 bits per heavy atom. The molecule has 0 saturated carbocycles. The normalized spacial score (nSPS) is 16.8. The van der Waals surface area contributed by atoms with Crippen molar-refractivity contribution in [2.75, 3.05) is 6.54 Å². The lowest BCUT2D eigenvalue weighted by molar-refractivity contribution is 0.193. The van der Waals surface area contributed by atoms with Crippen LogP contribution in [0.3, 0.4) is 0 Å². The number of pyridine rings is 1. The van der Waals surface area contributed by atoms with E-state index >= 15 is 0 Å². The Morgan fingerprint density at radius 3 is 2.92 bits per heavy atom. The molecule has 5 heteroatoms. The van der Waals surface area contributed by atoms with Gasteiger partial charge in [-0.1, -0.05) is 24.3 Å². The smallest absolute Gasteiger partial charge is 0.0950 e. The molecule has 1 aromatic carbocycles. The van der Waals surface area contributed by atoms with E-state index in [1.165, 1.54) is 11.1 Å². The number of benzene rings is 1. The van der Waals surface area contributed by atoms with E-state index in [9.17, 15) is 5.11 Å². The zero-order valence-electron chi connectivity index (χ0n) is 13.9. The Morgan fingerprint density at radius 1 is 1.17 bits per heavy atom. The van der Waals surface area contributed by atoms with Crippen LogP contribution in [0.25, 0.3) is 10.9 Å². The molecule has 1 aliphatic rings. The number of hydrogen-bond acceptors (Lipinski definition) is 4. The average Bonchev–Trinajstić information content (AvgIpc) is 2.89. The van der Waals surface area contributed by atoms with Gasteiger partial charge in [-0.05, 0) is 31.5 Å². The predicted octanol–water partition coefficient (Wildman–Crippen LogP) is 2.89. The van der Waals surface area contributed by atoms with E-state index in [4.69, 9.17) is 4.98 Å². The fourth-order valence-electron chi connectivity index (χ4n) is 3.32. The van der Waals surface area contributed by atoms with Gasteiger partial charge in [-0.2, -0.15) is 5.10 Å². The second-order valence-electron chi connectivity index (χ2n) is 6.52. The second kappa shape index (κ2) is 6.34. The first-order valence-electron chi connectivity index (χ1n) is 8.51. The van der Waals surface area contributed by atoms with Crippen LogP contribution >= 0.6 is 0 Å². The Hall–Kier alpha value is -2.24. The van der Waals surface area contributed by atoms with Crippen LogP contribution in [-0.4, -0.2) is 31.3 Å². The minimum atomic E-state index is -0.514. The molecule has 1 atom stereocenters. The summed E-state index contributed by atoms with van der Waals surface area (Å²) in [5.74, 6) is 0. The molecule has 0 radical (unpaired) electrons. The summed E-state index contributed by atoms with van der Waals surface area (Å²) >= 11 is 0. The molecule has 0 spiro atoms. The molecule has 0 unspecified atom stereocenters. The molecule has 5 nitrogen and oxygen atoms in total. The van der Waals surface area contributed by atoms with Gasteiger partial charge < -0.3 is 5.11 Å². The molecule has 0 aliphatic carbocycles. The van der Waals surface area contributed by atoms with Gasteiger partial charge in [0.15, 0.2) is 0 Å². The molecule has 0 fully saturated rings. The Labute approximate surface area is 141 Å². The molecule has 3 aromatic rings. The van der Waals surface area contributed by atoms with E-state index in [1.54, 1.807) is 6.92 Å². The SMILES string of the molecule is C[C@H](O)c1cc2n(n1)CCCN(Cc1ccc3ccccc3n1)C2. The van der Waals surface area contributed by atoms with Gasteiger partial charge in [0.25, 0.3) is 0 Å². The van der Waals surface area contributed by atoms with Gasteiger partial charge in [0.1, 0.15) is 0 Å². The molecule has 1 aliphatic heterocycles. The summed E-state index contributed by atoms with van der Waals surface area (Å²) in [5.41, 5.74) is 4.07. The van der Waals surface area contributed by atoms with Crippen LogP contribution in [0, 0.1) is 0 Å². The largest absolute Gasteiger partial charge is 0.387 e. The maximum absolute atomic E-state index is 9.75. The number of fused-ring (bicyclic) bond motifs is 2. The topological polar surface area (TPSA) is 54.2 Å². The number of nitrogens with zero attached hydrogens (tertiary/aromatic N) is 4. The molecule has 2 aromatic heterocycles. The van der Waals surface area contributed by atoms with Crippen LogP contribution in [0.2, 0.25) is 0 Å². The summed E-state index contributed by atoms with van der Waals surface area (Å²) < 4.78 is 2.04. The van der Waals surface area contributed by atoms with E-state index in [0.717, 1.165) is 49.5 Å². The Balaban J connectivity index is 1.54. The van der Waals surface area contributed by atoms with Gasteiger partial charge in [-0.3, -0.25) is 14.6 Å². The van der Waals surface area contributed by atoms with Gasteiger partial charge in [0, 0.05) is 31.6 Å². The summed E-state index contributed by atoms with van der Waals surface area (Å²) in [4.78, 5) is 7.19. The van der Waals surface area contributed by atoms with Gasteiger partial charge in [-0.25, -0.2) is 0 Å². The fourth-order valence-corrected chi connectivity index (χ4v) is 3.32. The van der Waals surface area contributed by atoms with Crippen molar-refractivity contribution >= 4 is 10.9 Å². The third kappa shape index (κ3) is 3.05. The quantitative estimate of drug-likeness (QED) is 0.805. The molecule has 1 N–H and O–H groups in total. The molecule has 24 heavy (non-hydrogen) atoms. The summed E-state index contributed by atoms with van der Waals surface area (Å²) in [6.07, 6.45) is 0.543. The van der Waals surface area contributed by atoms with E-state index in [-0.39, 0.29) is 0 Å². The van der Waals surface area contributed by atoms with Crippen molar-refractivity contribution in [2.45, 2.75) is 39.1 Å². The highest BCUT2D eigenvalue weighted by atomic mass is 16.3. The summed E-state index contributed by atoms with van der Waals surface area (Å²) in [6, 6.07) is 14.5. The minimum Gasteiger partial charge on any atom is -0.387 e. The second-order valence-corrected chi connectivity index (χ2v) is 6.52. The minimum absolute atomic E-state index is 0.514. The lowest BCUT2D eigenvalue weighted by atomic mass is 10.2. The van der Waals surface area contributed by atoms with Crippen LogP contribution < -0.4 is 0 Å². The van der Waals surface area contributed by atoms with E-state index < -0.39 is 6.10 Å². The molecular formula is C19H22N4O. The van der Waals surface area contributed by atoms with Crippen molar-refractivity contribution in [1.82, 2.24) is 19.7 Å². The molecule has 0 bridgehead atoms. The summed E-state index contributed by atoms with van der Waals surface area (Å²) in [7, 11) is 0. The highest BCUT2D eigenvalue weighted by molar-refractivity contribution is 5.78. The highest BCUT2D eigenvalue weighted by Gasteiger charge is 2.18. The summed E-state index contributed by atoms with van der Waals surface area (Å²) in [5, 5.41) is 15.4. The summed E-state index contributed by atoms with van der Waals surface area (Å²) in [6.45, 7) is 5.37. The van der Waals surface area contributed by atoms with Gasteiger partial charge >= 0.3 is 0 Å². The fraction of sp³-hybridized carbons (Fsp3) is 0.368. The van der Waals surface area contributed by atoms with Crippen LogP contribution in [0.5, 0.6) is 0 Å². The van der Waals surface area contributed by atoms with Crippen molar-refractivity contribution in [1.29, 1.82) is 0 Å². The number of aromatic nitrogens is 3. The maximum atomic E-state index is 9.75. The monoisotopic (exact) mass is 322 g/mol. The van der Waals surface area contributed by atoms with E-state index in [0.29, 0.717) is 0 Å². The zero-order chi connectivity index (χ0) is 16.5. The first-order chi connectivity index (χ1) is 11.7. The van der Waals surface area contributed by atoms with Gasteiger partial charge in [0.2, 0.25) is 0 Å². The van der Waals surface area contributed by atoms with Crippen LogP contribution in [-0.2, 0) is 19.6 Å². The van der Waals surface area contributed by atoms with Crippen molar-refractivity contribution in [2.24, 2.45) is 0 Å². The molecule has 0 amide bonds. The zero-order valence-corrected chi connectivity index (χ0v) is 13.9. The number of rotatable bonds is 3. The first-order valence-corrected chi connectivity index (χ1v) is 8.51. The van der Waals surface area contributed by atoms with Crippen LogP contribution in [0.4, 0.5) is 0 Å². The van der Waals surface area contributed by atoms with Gasteiger partial charge in [0.05, 0.1) is 28.7 Å². The highest BCUT2D eigenvalue weighted by Crippen LogP contribution is 2.20. The molecule has 124 valence electrons. The lowest BCUT2D eigenvalue weighted by Gasteiger charge is -2.19. The first kappa shape index (κ1) is 15.3. The van der Waals surface area contributed by atoms with Crippen molar-refractivity contribution < 1.29 is 5.11 Å². The number of hydrogen-bond donors (Lipinski definition) is 1. The van der Waals surface area contributed by atoms with Crippen molar-refractivity contribution in [3.8, 4) is 0 Å². The molecular weight excluding hydrogens is 300 g/mol. The molecule has 3 heterocycles. The average molecular weight is 322 g/mol. The lowest BCUT2D eigenvalue weighted by Crippen LogP contribution is -2.23. The number of aliphatic hydroxyl groups is 1. The van der Waals surface area contributed by atoms with E-state index in [1.807, 2.05) is 22.9 Å². The van der Waals surface area contributed by atoms with Crippen LogP contribution in [0.1, 0.15) is 36.5 Å². The third-order valence-corrected chi connectivity index (χ3v) is 4.58. The van der Waals surface area contributed by atoms with E-state index in [2.05, 4.69) is 34.3 Å².